The fourth-order valence-corrected chi connectivity index (χ4v) is 4.93. The first-order valence-electron chi connectivity index (χ1n) is 9.76. The predicted molar refractivity (Wildman–Crippen MR) is 111 cm³/mol. The Hall–Kier alpha value is -2.16. The van der Waals surface area contributed by atoms with E-state index in [-0.39, 0.29) is 12.5 Å². The van der Waals surface area contributed by atoms with Crippen molar-refractivity contribution in [3.05, 3.63) is 53.0 Å². The van der Waals surface area contributed by atoms with Crippen LogP contribution in [0.5, 0.6) is 0 Å². The standard InChI is InChI=1S/C21H29N3O4S/c1-16-5-8-20(13-17(16)2)29(26,27)24-11-9-23(10-12-24)21(25)15-22(4)14-19-7-6-18(3)28-19/h5-8,13H,9-12,14-15H2,1-4H3. The summed E-state index contributed by atoms with van der Waals surface area (Å²) in [5, 5.41) is 0. The van der Waals surface area contributed by atoms with Gasteiger partial charge in [-0.05, 0) is 63.2 Å². The van der Waals surface area contributed by atoms with Gasteiger partial charge in [-0.25, -0.2) is 8.42 Å². The zero-order valence-electron chi connectivity index (χ0n) is 17.5. The van der Waals surface area contributed by atoms with Gasteiger partial charge in [-0.2, -0.15) is 4.31 Å². The van der Waals surface area contributed by atoms with Gasteiger partial charge in [-0.15, -0.1) is 0 Å². The summed E-state index contributed by atoms with van der Waals surface area (Å²) in [6.45, 7) is 7.99. The second-order valence-electron chi connectivity index (χ2n) is 7.72. The Kier molecular flexibility index (Phi) is 6.45. The molecule has 1 amide bonds. The van der Waals surface area contributed by atoms with Crippen LogP contribution in [-0.4, -0.2) is 68.2 Å². The van der Waals surface area contributed by atoms with E-state index >= 15 is 0 Å². The first-order valence-corrected chi connectivity index (χ1v) is 11.2. The minimum Gasteiger partial charge on any atom is -0.465 e. The van der Waals surface area contributed by atoms with E-state index in [0.717, 1.165) is 22.6 Å². The number of nitrogens with zero attached hydrogens (tertiary/aromatic N) is 3. The van der Waals surface area contributed by atoms with E-state index in [1.165, 1.54) is 4.31 Å². The number of hydrogen-bond donors (Lipinski definition) is 0. The Morgan fingerprint density at radius 2 is 1.72 bits per heavy atom. The van der Waals surface area contributed by atoms with Gasteiger partial charge in [0.15, 0.2) is 0 Å². The van der Waals surface area contributed by atoms with Crippen molar-refractivity contribution in [2.75, 3.05) is 39.8 Å². The average molecular weight is 420 g/mol. The van der Waals surface area contributed by atoms with Crippen LogP contribution in [-0.2, 0) is 21.4 Å². The molecule has 0 spiro atoms. The molecular weight excluding hydrogens is 390 g/mol. The number of carbonyl (C=O) groups is 1. The van der Waals surface area contributed by atoms with Crippen LogP contribution in [0.1, 0.15) is 22.6 Å². The summed E-state index contributed by atoms with van der Waals surface area (Å²) >= 11 is 0. The Bertz CT molecular complexity index is 976. The third kappa shape index (κ3) is 5.07. The van der Waals surface area contributed by atoms with Crippen LogP contribution >= 0.6 is 0 Å². The summed E-state index contributed by atoms with van der Waals surface area (Å²) in [5.41, 5.74) is 2.02. The molecule has 0 bridgehead atoms. The van der Waals surface area contributed by atoms with Crippen LogP contribution in [0.2, 0.25) is 0 Å². The first kappa shape index (κ1) is 21.5. The van der Waals surface area contributed by atoms with E-state index in [2.05, 4.69) is 0 Å². The molecule has 0 atom stereocenters. The van der Waals surface area contributed by atoms with Gasteiger partial charge in [-0.3, -0.25) is 9.69 Å². The van der Waals surface area contributed by atoms with Crippen molar-refractivity contribution in [1.29, 1.82) is 0 Å². The number of rotatable bonds is 6. The number of sulfonamides is 1. The minimum absolute atomic E-state index is 0.000920. The first-order chi connectivity index (χ1) is 13.7. The van der Waals surface area contributed by atoms with Crippen molar-refractivity contribution >= 4 is 15.9 Å². The van der Waals surface area contributed by atoms with Crippen LogP contribution in [0.3, 0.4) is 0 Å². The quantitative estimate of drug-likeness (QED) is 0.717. The van der Waals surface area contributed by atoms with Gasteiger partial charge in [0.25, 0.3) is 0 Å². The maximum atomic E-state index is 12.9. The molecular formula is C21H29N3O4S. The van der Waals surface area contributed by atoms with Crippen LogP contribution in [0, 0.1) is 20.8 Å². The molecule has 1 aromatic heterocycles. The second-order valence-corrected chi connectivity index (χ2v) is 9.65. The molecule has 1 saturated heterocycles. The van der Waals surface area contributed by atoms with Gasteiger partial charge in [0.1, 0.15) is 11.5 Å². The lowest BCUT2D eigenvalue weighted by Gasteiger charge is -2.34. The zero-order valence-corrected chi connectivity index (χ0v) is 18.3. The van der Waals surface area contributed by atoms with Crippen molar-refractivity contribution in [1.82, 2.24) is 14.1 Å². The number of piperazine rings is 1. The predicted octanol–water partition coefficient (Wildman–Crippen LogP) is 2.17. The van der Waals surface area contributed by atoms with Gasteiger partial charge < -0.3 is 9.32 Å². The summed E-state index contributed by atoms with van der Waals surface area (Å²) in [6.07, 6.45) is 0. The van der Waals surface area contributed by atoms with Crippen LogP contribution < -0.4 is 0 Å². The highest BCUT2D eigenvalue weighted by Gasteiger charge is 2.30. The zero-order chi connectivity index (χ0) is 21.2. The molecule has 0 saturated carbocycles. The van der Waals surface area contributed by atoms with E-state index in [9.17, 15) is 13.2 Å². The minimum atomic E-state index is -3.54. The largest absolute Gasteiger partial charge is 0.465 e. The van der Waals surface area contributed by atoms with E-state index in [4.69, 9.17) is 4.42 Å². The average Bonchev–Trinajstić information content (AvgIpc) is 3.08. The third-order valence-electron chi connectivity index (χ3n) is 5.33. The van der Waals surface area contributed by atoms with E-state index in [1.54, 1.807) is 17.0 Å². The molecule has 1 aliphatic rings. The van der Waals surface area contributed by atoms with Crippen LogP contribution in [0.25, 0.3) is 0 Å². The van der Waals surface area contributed by atoms with Crippen molar-refractivity contribution in [3.63, 3.8) is 0 Å². The lowest BCUT2D eigenvalue weighted by molar-refractivity contribution is -0.133. The number of furan rings is 1. The molecule has 2 aromatic rings. The summed E-state index contributed by atoms with van der Waals surface area (Å²) < 4.78 is 32.8. The molecule has 1 aromatic carbocycles. The van der Waals surface area contributed by atoms with Crippen molar-refractivity contribution < 1.29 is 17.6 Å². The van der Waals surface area contributed by atoms with E-state index in [0.29, 0.717) is 37.6 Å². The summed E-state index contributed by atoms with van der Waals surface area (Å²) in [7, 11) is -1.67. The molecule has 1 aliphatic heterocycles. The molecule has 2 heterocycles. The molecule has 158 valence electrons. The Balaban J connectivity index is 1.55. The SMILES string of the molecule is Cc1ccc(CN(C)CC(=O)N2CCN(S(=O)(=O)c3ccc(C)c(C)c3)CC2)o1. The highest BCUT2D eigenvalue weighted by Crippen LogP contribution is 2.20. The number of likely N-dealkylation sites (N-methyl/N-ethyl adjacent to an activating group) is 1. The van der Waals surface area contributed by atoms with Crippen LogP contribution in [0.4, 0.5) is 0 Å². The molecule has 0 aliphatic carbocycles. The van der Waals surface area contributed by atoms with Crippen LogP contribution in [0.15, 0.2) is 39.6 Å². The fraction of sp³-hybridized carbons (Fsp3) is 0.476. The molecule has 0 N–H and O–H groups in total. The van der Waals surface area contributed by atoms with Gasteiger partial charge in [-0.1, -0.05) is 6.07 Å². The Morgan fingerprint density at radius 3 is 2.31 bits per heavy atom. The van der Waals surface area contributed by atoms with E-state index in [1.807, 2.05) is 50.9 Å². The number of carbonyl (C=O) groups excluding carboxylic acids is 1. The van der Waals surface area contributed by atoms with Gasteiger partial charge in [0, 0.05) is 26.2 Å². The van der Waals surface area contributed by atoms with Gasteiger partial charge in [0.2, 0.25) is 15.9 Å². The number of amides is 1. The summed E-state index contributed by atoms with van der Waals surface area (Å²) in [4.78, 5) is 16.5. The third-order valence-corrected chi connectivity index (χ3v) is 7.23. The lowest BCUT2D eigenvalue weighted by atomic mass is 10.1. The van der Waals surface area contributed by atoms with Gasteiger partial charge >= 0.3 is 0 Å². The maximum absolute atomic E-state index is 12.9. The smallest absolute Gasteiger partial charge is 0.243 e. The molecule has 1 fully saturated rings. The normalized spacial score (nSPS) is 15.8. The molecule has 7 nitrogen and oxygen atoms in total. The lowest BCUT2D eigenvalue weighted by Crippen LogP contribution is -2.52. The summed E-state index contributed by atoms with van der Waals surface area (Å²) in [6, 6.07) is 9.01. The molecule has 29 heavy (non-hydrogen) atoms. The maximum Gasteiger partial charge on any atom is 0.243 e. The highest BCUT2D eigenvalue weighted by atomic mass is 32.2. The molecule has 3 rings (SSSR count). The Labute approximate surface area is 172 Å². The molecule has 8 heteroatoms. The molecule has 0 unspecified atom stereocenters. The summed E-state index contributed by atoms with van der Waals surface area (Å²) in [5.74, 6) is 1.67. The Morgan fingerprint density at radius 1 is 1.03 bits per heavy atom. The van der Waals surface area contributed by atoms with Crippen molar-refractivity contribution in [2.45, 2.75) is 32.2 Å². The number of hydrogen-bond acceptors (Lipinski definition) is 5. The molecule has 0 radical (unpaired) electrons. The monoisotopic (exact) mass is 419 g/mol. The highest BCUT2D eigenvalue weighted by molar-refractivity contribution is 7.89. The number of aryl methyl sites for hydroxylation is 3. The van der Waals surface area contributed by atoms with Gasteiger partial charge in [0.05, 0.1) is 18.0 Å². The van der Waals surface area contributed by atoms with Crippen molar-refractivity contribution in [3.8, 4) is 0 Å². The topological polar surface area (TPSA) is 74.1 Å². The van der Waals surface area contributed by atoms with E-state index < -0.39 is 10.0 Å². The van der Waals surface area contributed by atoms with Crippen molar-refractivity contribution in [2.24, 2.45) is 0 Å². The second kappa shape index (κ2) is 8.69. The fourth-order valence-electron chi connectivity index (χ4n) is 3.42. The number of benzene rings is 1.